The Kier molecular flexibility index (Phi) is 10.9. The van der Waals surface area contributed by atoms with Crippen molar-refractivity contribution in [2.24, 2.45) is 0 Å². The number of rotatable bonds is 11. The molecule has 0 rings (SSSR count). The van der Waals surface area contributed by atoms with Gasteiger partial charge in [0.25, 0.3) is 0 Å². The van der Waals surface area contributed by atoms with Crippen molar-refractivity contribution in [3.8, 4) is 0 Å². The molecule has 0 aliphatic heterocycles. The molecule has 0 fully saturated rings. The summed E-state index contributed by atoms with van der Waals surface area (Å²) in [7, 11) is 0. The van der Waals surface area contributed by atoms with Gasteiger partial charge >= 0.3 is 5.97 Å². The van der Waals surface area contributed by atoms with Crippen LogP contribution in [0.1, 0.15) is 51.9 Å². The van der Waals surface area contributed by atoms with Crippen LogP contribution >= 0.6 is 0 Å². The van der Waals surface area contributed by atoms with Crippen LogP contribution < -0.4 is 5.32 Å². The molecule has 5 heteroatoms. The number of aliphatic hydroxyl groups excluding tert-OH is 1. The normalized spacial score (nSPS) is 12.5. The summed E-state index contributed by atoms with van der Waals surface area (Å²) in [5.74, 6) is -1.72. The van der Waals surface area contributed by atoms with Crippen LogP contribution in [-0.2, 0) is 9.59 Å². The Morgan fingerprint density at radius 1 is 1.16 bits per heavy atom. The molecule has 5 nitrogen and oxygen atoms in total. The number of nitrogens with one attached hydrogen (secondary N) is 1. The molecular weight excluding hydrogens is 246 g/mol. The average Bonchev–Trinajstić information content (AvgIpc) is 2.38. The Morgan fingerprint density at radius 2 is 1.79 bits per heavy atom. The fraction of sp³-hybridized carbons (Fsp3) is 0.714. The van der Waals surface area contributed by atoms with Crippen LogP contribution in [0.25, 0.3) is 0 Å². The van der Waals surface area contributed by atoms with Gasteiger partial charge in [0.1, 0.15) is 0 Å². The molecule has 0 saturated carbocycles. The van der Waals surface area contributed by atoms with E-state index in [0.29, 0.717) is 0 Å². The number of hydrogen-bond donors (Lipinski definition) is 3. The fourth-order valence-electron chi connectivity index (χ4n) is 1.64. The quantitative estimate of drug-likeness (QED) is 0.395. The summed E-state index contributed by atoms with van der Waals surface area (Å²) in [4.78, 5) is 21.9. The maximum absolute atomic E-state index is 11.3. The van der Waals surface area contributed by atoms with Gasteiger partial charge in [-0.1, -0.05) is 45.1 Å². The monoisotopic (exact) mass is 271 g/mol. The maximum Gasteiger partial charge on any atom is 0.328 e. The van der Waals surface area contributed by atoms with Crippen molar-refractivity contribution in [1.29, 1.82) is 0 Å². The van der Waals surface area contributed by atoms with Crippen molar-refractivity contribution in [1.82, 2.24) is 5.32 Å². The largest absolute Gasteiger partial charge is 0.480 e. The van der Waals surface area contributed by atoms with Gasteiger partial charge in [-0.2, -0.15) is 0 Å². The van der Waals surface area contributed by atoms with Crippen LogP contribution in [0.3, 0.4) is 0 Å². The van der Waals surface area contributed by atoms with Gasteiger partial charge in [0, 0.05) is 0 Å². The van der Waals surface area contributed by atoms with E-state index in [1.165, 1.54) is 31.8 Å². The molecule has 19 heavy (non-hydrogen) atoms. The third-order valence-corrected chi connectivity index (χ3v) is 2.79. The molecule has 110 valence electrons. The molecule has 1 amide bonds. The first-order valence-corrected chi connectivity index (χ1v) is 6.92. The van der Waals surface area contributed by atoms with E-state index in [4.69, 9.17) is 10.2 Å². The van der Waals surface area contributed by atoms with E-state index < -0.39 is 24.5 Å². The van der Waals surface area contributed by atoms with Crippen LogP contribution in [0.15, 0.2) is 12.2 Å². The Hall–Kier alpha value is -1.36. The first kappa shape index (κ1) is 17.6. The van der Waals surface area contributed by atoms with E-state index in [9.17, 15) is 9.59 Å². The minimum absolute atomic E-state index is 0.479. The Morgan fingerprint density at radius 3 is 2.37 bits per heavy atom. The smallest absolute Gasteiger partial charge is 0.328 e. The highest BCUT2D eigenvalue weighted by Crippen LogP contribution is 2.06. The molecule has 0 spiro atoms. The lowest BCUT2D eigenvalue weighted by atomic mass is 10.1. The maximum atomic E-state index is 11.3. The van der Waals surface area contributed by atoms with Gasteiger partial charge < -0.3 is 15.5 Å². The molecule has 0 aromatic heterocycles. The second-order valence-corrected chi connectivity index (χ2v) is 4.54. The van der Waals surface area contributed by atoms with E-state index in [0.717, 1.165) is 19.3 Å². The second kappa shape index (κ2) is 11.7. The number of amides is 1. The zero-order valence-electron chi connectivity index (χ0n) is 11.6. The van der Waals surface area contributed by atoms with E-state index in [1.807, 2.05) is 0 Å². The molecule has 0 unspecified atom stereocenters. The lowest BCUT2D eigenvalue weighted by molar-refractivity contribution is -0.142. The number of carbonyl (C=O) groups is 2. The molecule has 0 aromatic carbocycles. The molecule has 0 bridgehead atoms. The van der Waals surface area contributed by atoms with Gasteiger partial charge in [-0.15, -0.1) is 0 Å². The zero-order valence-corrected chi connectivity index (χ0v) is 11.6. The predicted octanol–water partition coefficient (Wildman–Crippen LogP) is 1.85. The zero-order chi connectivity index (χ0) is 14.5. The summed E-state index contributed by atoms with van der Waals surface area (Å²) >= 11 is 0. The van der Waals surface area contributed by atoms with Gasteiger partial charge in [-0.3, -0.25) is 4.79 Å². The number of hydrogen-bond acceptors (Lipinski definition) is 3. The second-order valence-electron chi connectivity index (χ2n) is 4.54. The van der Waals surface area contributed by atoms with Crippen molar-refractivity contribution in [3.63, 3.8) is 0 Å². The number of unbranched alkanes of at least 4 members (excludes halogenated alkanes) is 6. The van der Waals surface area contributed by atoms with Gasteiger partial charge in [-0.25, -0.2) is 4.79 Å². The lowest BCUT2D eigenvalue weighted by Gasteiger charge is -2.09. The molecule has 1 atom stereocenters. The lowest BCUT2D eigenvalue weighted by Crippen LogP contribution is -2.42. The number of carboxylic acids is 1. The molecule has 0 saturated heterocycles. The number of allylic oxidation sites excluding steroid dienone is 1. The van der Waals surface area contributed by atoms with Gasteiger partial charge in [-0.05, 0) is 18.9 Å². The Labute approximate surface area is 114 Å². The summed E-state index contributed by atoms with van der Waals surface area (Å²) in [6, 6.07) is -1.23. The minimum atomic E-state index is -1.24. The van der Waals surface area contributed by atoms with Crippen LogP contribution in [0, 0.1) is 0 Å². The molecule has 0 heterocycles. The average molecular weight is 271 g/mol. The SMILES string of the molecule is CCCCCCCCC=CC(=O)N[C@@H](CO)C(=O)O. The van der Waals surface area contributed by atoms with Crippen LogP contribution in [0.2, 0.25) is 0 Å². The van der Waals surface area contributed by atoms with Crippen molar-refractivity contribution in [3.05, 3.63) is 12.2 Å². The standard InChI is InChI=1S/C14H25NO4/c1-2-3-4-5-6-7-8-9-10-13(17)15-12(11-16)14(18)19/h9-10,12,16H,2-8,11H2,1H3,(H,15,17)(H,18,19)/t12-/m0/s1. The van der Waals surface area contributed by atoms with Crippen LogP contribution in [0.4, 0.5) is 0 Å². The Balaban J connectivity index is 3.64. The van der Waals surface area contributed by atoms with Gasteiger partial charge in [0.05, 0.1) is 6.61 Å². The number of aliphatic carboxylic acids is 1. The first-order valence-electron chi connectivity index (χ1n) is 6.92. The van der Waals surface area contributed by atoms with E-state index in [2.05, 4.69) is 12.2 Å². The van der Waals surface area contributed by atoms with Crippen molar-refractivity contribution < 1.29 is 19.8 Å². The molecule has 0 aliphatic carbocycles. The van der Waals surface area contributed by atoms with Gasteiger partial charge in [0.2, 0.25) is 5.91 Å². The topological polar surface area (TPSA) is 86.6 Å². The summed E-state index contributed by atoms with van der Waals surface area (Å²) < 4.78 is 0. The van der Waals surface area contributed by atoms with E-state index in [-0.39, 0.29) is 0 Å². The molecule has 0 aliphatic rings. The van der Waals surface area contributed by atoms with Crippen molar-refractivity contribution >= 4 is 11.9 Å². The molecule has 0 aromatic rings. The summed E-state index contributed by atoms with van der Waals surface area (Å²) in [6.45, 7) is 1.57. The minimum Gasteiger partial charge on any atom is -0.480 e. The van der Waals surface area contributed by atoms with Crippen LogP contribution in [0.5, 0.6) is 0 Å². The predicted molar refractivity (Wildman–Crippen MR) is 73.8 cm³/mol. The summed E-state index contributed by atoms with van der Waals surface area (Å²) in [5.41, 5.74) is 0. The van der Waals surface area contributed by atoms with E-state index >= 15 is 0 Å². The molecular formula is C14H25NO4. The highest BCUT2D eigenvalue weighted by atomic mass is 16.4. The van der Waals surface area contributed by atoms with Gasteiger partial charge in [0.15, 0.2) is 6.04 Å². The third kappa shape index (κ3) is 10.3. The van der Waals surface area contributed by atoms with Crippen LogP contribution in [-0.4, -0.2) is 34.7 Å². The number of aliphatic hydroxyl groups is 1. The Bertz CT molecular complexity index is 289. The third-order valence-electron chi connectivity index (χ3n) is 2.79. The molecule has 3 N–H and O–H groups in total. The van der Waals surface area contributed by atoms with Crippen molar-refractivity contribution in [2.45, 2.75) is 57.9 Å². The molecule has 0 radical (unpaired) electrons. The highest BCUT2D eigenvalue weighted by Gasteiger charge is 2.16. The number of carbonyl (C=O) groups excluding carboxylic acids is 1. The summed E-state index contributed by atoms with van der Waals surface area (Å²) in [6.07, 6.45) is 11.1. The summed E-state index contributed by atoms with van der Waals surface area (Å²) in [5, 5.41) is 19.6. The van der Waals surface area contributed by atoms with Crippen molar-refractivity contribution in [2.75, 3.05) is 6.61 Å². The first-order chi connectivity index (χ1) is 9.11. The number of carboxylic acid groups (broad SMARTS) is 1. The van der Waals surface area contributed by atoms with E-state index in [1.54, 1.807) is 6.08 Å². The fourth-order valence-corrected chi connectivity index (χ4v) is 1.64. The highest BCUT2D eigenvalue weighted by molar-refractivity contribution is 5.91.